The molecule has 1 aliphatic heterocycles. The van der Waals surface area contributed by atoms with Gasteiger partial charge < -0.3 is 21.1 Å². The summed E-state index contributed by atoms with van der Waals surface area (Å²) in [5, 5.41) is 30.1. The molecule has 0 bridgehead atoms. The summed E-state index contributed by atoms with van der Waals surface area (Å²) in [5.41, 5.74) is -3.39. The number of hydrogen-bond acceptors (Lipinski definition) is 6. The molecule has 0 spiro atoms. The van der Waals surface area contributed by atoms with Gasteiger partial charge in [-0.15, -0.1) is 10.2 Å². The van der Waals surface area contributed by atoms with Crippen molar-refractivity contribution in [2.75, 3.05) is 0 Å². The van der Waals surface area contributed by atoms with Crippen LogP contribution in [0.1, 0.15) is 35.2 Å². The van der Waals surface area contributed by atoms with E-state index in [1.165, 1.54) is 12.1 Å². The minimum atomic E-state index is -5.10. The van der Waals surface area contributed by atoms with E-state index in [2.05, 4.69) is 20.8 Å². The summed E-state index contributed by atoms with van der Waals surface area (Å²) >= 11 is 0. The third kappa shape index (κ3) is 5.51. The van der Waals surface area contributed by atoms with Crippen molar-refractivity contribution in [2.24, 2.45) is 10.2 Å². The highest BCUT2D eigenvalue weighted by Crippen LogP contribution is 2.38. The Bertz CT molecular complexity index is 1150. The molecule has 3 rings (SSSR count). The van der Waals surface area contributed by atoms with Gasteiger partial charge in [0, 0.05) is 11.8 Å². The van der Waals surface area contributed by atoms with Crippen molar-refractivity contribution in [1.82, 2.24) is 10.6 Å². The third-order valence-corrected chi connectivity index (χ3v) is 4.64. The van der Waals surface area contributed by atoms with Gasteiger partial charge in [0.25, 0.3) is 0 Å². The van der Waals surface area contributed by atoms with Crippen molar-refractivity contribution < 1.29 is 31.4 Å². The summed E-state index contributed by atoms with van der Waals surface area (Å²) in [6, 6.07) is 7.14. The fraction of sp³-hybridized carbons (Fsp3) is 0.190. The van der Waals surface area contributed by atoms with Crippen molar-refractivity contribution in [2.45, 2.75) is 25.3 Å². The van der Waals surface area contributed by atoms with Crippen LogP contribution in [0.15, 0.2) is 64.4 Å². The first-order valence-corrected chi connectivity index (χ1v) is 9.38. The maximum absolute atomic E-state index is 13.6. The lowest BCUT2D eigenvalue weighted by Gasteiger charge is -2.24. The second kappa shape index (κ2) is 8.96. The maximum Gasteiger partial charge on any atom is 0.417 e. The lowest BCUT2D eigenvalue weighted by Crippen LogP contribution is -2.42. The zero-order valence-electron chi connectivity index (χ0n) is 16.9. The molecule has 1 heterocycles. The molecule has 0 amide bonds. The average Bonchev–Trinajstić information content (AvgIpc) is 2.72. The molecule has 6 nitrogen and oxygen atoms in total. The van der Waals surface area contributed by atoms with Gasteiger partial charge in [0.1, 0.15) is 11.5 Å². The number of hydrogen-bond donors (Lipinski definition) is 4. The second-order valence-electron chi connectivity index (χ2n) is 6.99. The van der Waals surface area contributed by atoms with Gasteiger partial charge in [-0.2, -0.15) is 26.3 Å². The van der Waals surface area contributed by atoms with Crippen LogP contribution in [0, 0.1) is 5.41 Å². The standard InChI is InChI=1S/C21H17F6N5O/c1-11(12-3-2-4-14(33)9-12)29-19-30-17(7-8-28)18(31-32-19)15-6-5-13(20(22,23)24)10-16(15)21(25,26)27/h2-11,28,33H,1H3,(H2,29,30,32)/b17-7-,28-8?. The highest BCUT2D eigenvalue weighted by molar-refractivity contribution is 6.17. The first kappa shape index (κ1) is 23.8. The molecule has 0 saturated carbocycles. The summed E-state index contributed by atoms with van der Waals surface area (Å²) in [7, 11) is 0. The van der Waals surface area contributed by atoms with E-state index < -0.39 is 35.1 Å². The van der Waals surface area contributed by atoms with Gasteiger partial charge in [-0.3, -0.25) is 0 Å². The normalized spacial score (nSPS) is 16.5. The average molecular weight is 469 g/mol. The van der Waals surface area contributed by atoms with E-state index >= 15 is 0 Å². The molecule has 0 aromatic heterocycles. The van der Waals surface area contributed by atoms with Crippen LogP contribution >= 0.6 is 0 Å². The molecule has 33 heavy (non-hydrogen) atoms. The summed E-state index contributed by atoms with van der Waals surface area (Å²) in [6.07, 6.45) is -8.17. The molecular weight excluding hydrogens is 452 g/mol. The molecule has 1 unspecified atom stereocenters. The molecule has 2 aromatic carbocycles. The van der Waals surface area contributed by atoms with Crippen LogP contribution in [-0.4, -0.2) is 23.0 Å². The van der Waals surface area contributed by atoms with Crippen molar-refractivity contribution >= 4 is 17.9 Å². The van der Waals surface area contributed by atoms with Crippen molar-refractivity contribution in [3.63, 3.8) is 0 Å². The molecule has 2 aromatic rings. The van der Waals surface area contributed by atoms with E-state index in [0.717, 1.165) is 12.3 Å². The summed E-state index contributed by atoms with van der Waals surface area (Å²) in [4.78, 5) is 0. The summed E-state index contributed by atoms with van der Waals surface area (Å²) in [6.45, 7) is 1.73. The quantitative estimate of drug-likeness (QED) is 0.376. The predicted molar refractivity (Wildman–Crippen MR) is 110 cm³/mol. The van der Waals surface area contributed by atoms with E-state index in [9.17, 15) is 31.4 Å². The Morgan fingerprint density at radius 1 is 1.03 bits per heavy atom. The fourth-order valence-electron chi connectivity index (χ4n) is 3.08. The number of benzene rings is 2. The largest absolute Gasteiger partial charge is 0.508 e. The molecule has 0 fully saturated rings. The number of guanidine groups is 1. The van der Waals surface area contributed by atoms with Crippen LogP contribution in [0.2, 0.25) is 0 Å². The Balaban J connectivity index is 2.02. The first-order valence-electron chi connectivity index (χ1n) is 9.38. The number of phenolic OH excluding ortho intramolecular Hbond substituents is 1. The van der Waals surface area contributed by atoms with Crippen LogP contribution in [-0.2, 0) is 12.4 Å². The zero-order valence-corrected chi connectivity index (χ0v) is 16.9. The number of rotatable bonds is 4. The third-order valence-electron chi connectivity index (χ3n) is 4.64. The van der Waals surface area contributed by atoms with Crippen LogP contribution in [0.4, 0.5) is 26.3 Å². The number of nitrogens with one attached hydrogen (secondary N) is 3. The van der Waals surface area contributed by atoms with Crippen LogP contribution < -0.4 is 10.6 Å². The number of phenols is 1. The van der Waals surface area contributed by atoms with E-state index in [1.54, 1.807) is 19.1 Å². The van der Waals surface area contributed by atoms with Gasteiger partial charge in [0.05, 0.1) is 22.9 Å². The number of allylic oxidation sites excluding steroid dienone is 2. The Labute approximate surface area is 183 Å². The second-order valence-corrected chi connectivity index (χ2v) is 6.99. The van der Waals surface area contributed by atoms with Crippen molar-refractivity contribution in [3.8, 4) is 5.75 Å². The first-order chi connectivity index (χ1) is 15.4. The molecule has 1 atom stereocenters. The fourth-order valence-corrected chi connectivity index (χ4v) is 3.08. The van der Waals surface area contributed by atoms with Gasteiger partial charge in [0.2, 0.25) is 5.96 Å². The van der Waals surface area contributed by atoms with Gasteiger partial charge in [-0.25, -0.2) is 0 Å². The Morgan fingerprint density at radius 3 is 2.36 bits per heavy atom. The van der Waals surface area contributed by atoms with Crippen molar-refractivity contribution in [1.29, 1.82) is 5.41 Å². The molecule has 0 radical (unpaired) electrons. The molecule has 0 aliphatic carbocycles. The van der Waals surface area contributed by atoms with Gasteiger partial charge in [-0.1, -0.05) is 18.2 Å². The van der Waals surface area contributed by atoms with Gasteiger partial charge in [0.15, 0.2) is 0 Å². The minimum Gasteiger partial charge on any atom is -0.508 e. The highest BCUT2D eigenvalue weighted by Gasteiger charge is 2.39. The lowest BCUT2D eigenvalue weighted by molar-refractivity contribution is -0.143. The molecular formula is C21H17F6N5O. The van der Waals surface area contributed by atoms with Crippen LogP contribution in [0.5, 0.6) is 5.75 Å². The predicted octanol–water partition coefficient (Wildman–Crippen LogP) is 4.98. The van der Waals surface area contributed by atoms with Crippen LogP contribution in [0.3, 0.4) is 0 Å². The Kier molecular flexibility index (Phi) is 6.47. The highest BCUT2D eigenvalue weighted by atomic mass is 19.4. The molecule has 1 aliphatic rings. The van der Waals surface area contributed by atoms with E-state index in [-0.39, 0.29) is 29.2 Å². The number of aromatic hydroxyl groups is 1. The molecule has 174 valence electrons. The zero-order chi connectivity index (χ0) is 24.4. The maximum atomic E-state index is 13.6. The van der Waals surface area contributed by atoms with E-state index in [4.69, 9.17) is 5.41 Å². The topological polar surface area (TPSA) is 92.9 Å². The number of halogens is 6. The van der Waals surface area contributed by atoms with Gasteiger partial charge in [-0.05, 0) is 42.8 Å². The van der Waals surface area contributed by atoms with Crippen LogP contribution in [0.25, 0.3) is 0 Å². The van der Waals surface area contributed by atoms with E-state index in [1.807, 2.05) is 0 Å². The monoisotopic (exact) mass is 469 g/mol. The van der Waals surface area contributed by atoms with E-state index in [0.29, 0.717) is 17.7 Å². The lowest BCUT2D eigenvalue weighted by atomic mass is 9.97. The minimum absolute atomic E-state index is 0.0152. The Hall–Kier alpha value is -3.83. The van der Waals surface area contributed by atoms with Gasteiger partial charge >= 0.3 is 12.4 Å². The Morgan fingerprint density at radius 2 is 1.76 bits per heavy atom. The summed E-state index contributed by atoms with van der Waals surface area (Å²) < 4.78 is 79.6. The molecule has 0 saturated heterocycles. The SMILES string of the molecule is CC(NC1=NN=C(c2ccc(C(F)(F)F)cc2C(F)(F)F)/C(=C/C=N)N1)c1cccc(O)c1. The molecule has 12 heteroatoms. The summed E-state index contributed by atoms with van der Waals surface area (Å²) in [5.74, 6) is 0.0644. The number of alkyl halides is 6. The number of nitrogens with zero attached hydrogens (tertiary/aromatic N) is 2. The van der Waals surface area contributed by atoms with Crippen molar-refractivity contribution in [3.05, 3.63) is 76.5 Å². The smallest absolute Gasteiger partial charge is 0.417 e. The molecule has 4 N–H and O–H groups in total.